The van der Waals surface area contributed by atoms with Gasteiger partial charge in [0.25, 0.3) is 0 Å². The molecule has 0 radical (unpaired) electrons. The van der Waals surface area contributed by atoms with Crippen molar-refractivity contribution in [3.8, 4) is 11.5 Å². The Morgan fingerprint density at radius 3 is 2.48 bits per heavy atom. The summed E-state index contributed by atoms with van der Waals surface area (Å²) >= 11 is 0. The number of anilines is 2. The molecule has 1 heterocycles. The van der Waals surface area contributed by atoms with Crippen LogP contribution in [0.1, 0.15) is 6.92 Å². The molecule has 3 rings (SSSR count). The summed E-state index contributed by atoms with van der Waals surface area (Å²) in [4.78, 5) is 35.3. The predicted molar refractivity (Wildman–Crippen MR) is 107 cm³/mol. The molecule has 0 aliphatic heterocycles. The number of ether oxygens (including phenoxy) is 1. The zero-order chi connectivity index (χ0) is 22.9. The third kappa shape index (κ3) is 4.38. The number of nitrogens with one attached hydrogen (secondary N) is 1. The maximum absolute atomic E-state index is 14.1. The van der Waals surface area contributed by atoms with Gasteiger partial charge in [0.15, 0.2) is 17.3 Å². The number of amides is 2. The van der Waals surface area contributed by atoms with Crippen LogP contribution in [0.5, 0.6) is 11.5 Å². The molecule has 3 aromatic rings. The van der Waals surface area contributed by atoms with Crippen molar-refractivity contribution in [2.45, 2.75) is 6.92 Å². The van der Waals surface area contributed by atoms with Gasteiger partial charge in [0, 0.05) is 19.1 Å². The lowest BCUT2D eigenvalue weighted by atomic mass is 10.1. The van der Waals surface area contributed by atoms with Gasteiger partial charge >= 0.3 is 0 Å². The van der Waals surface area contributed by atoms with Crippen molar-refractivity contribution in [1.29, 1.82) is 0 Å². The SMILES string of the molecule is CC(=O)N(c1cc2occ(NC=O)c(=O)c2cc1Oc1ccc(F)cc1F)S(C)(=O)=O. The summed E-state index contributed by atoms with van der Waals surface area (Å²) in [6, 6.07) is 4.45. The molecule has 0 saturated carbocycles. The minimum absolute atomic E-state index is 0.140. The average molecular weight is 452 g/mol. The molecule has 0 fully saturated rings. The van der Waals surface area contributed by atoms with E-state index in [1.165, 1.54) is 0 Å². The highest BCUT2D eigenvalue weighted by molar-refractivity contribution is 7.92. The molecular formula is C19H14F2N2O7S. The first-order valence-corrected chi connectivity index (χ1v) is 10.3. The smallest absolute Gasteiger partial charge is 0.238 e. The lowest BCUT2D eigenvalue weighted by Gasteiger charge is -2.22. The molecule has 0 spiro atoms. The minimum atomic E-state index is -4.17. The fourth-order valence-corrected chi connectivity index (χ4v) is 3.77. The summed E-state index contributed by atoms with van der Waals surface area (Å²) < 4.78 is 62.8. The summed E-state index contributed by atoms with van der Waals surface area (Å²) in [5, 5.41) is 1.98. The van der Waals surface area contributed by atoms with Crippen LogP contribution in [0.25, 0.3) is 11.0 Å². The van der Waals surface area contributed by atoms with Crippen molar-refractivity contribution in [1.82, 2.24) is 0 Å². The van der Waals surface area contributed by atoms with Crippen molar-refractivity contribution in [3.05, 3.63) is 58.5 Å². The Hall–Kier alpha value is -3.80. The third-order valence-corrected chi connectivity index (χ3v) is 5.14. The van der Waals surface area contributed by atoms with Crippen LogP contribution in [-0.4, -0.2) is 27.0 Å². The average Bonchev–Trinajstić information content (AvgIpc) is 2.66. The predicted octanol–water partition coefficient (Wildman–Crippen LogP) is 2.74. The van der Waals surface area contributed by atoms with Gasteiger partial charge < -0.3 is 14.5 Å². The molecule has 0 aliphatic carbocycles. The highest BCUT2D eigenvalue weighted by Crippen LogP contribution is 2.38. The van der Waals surface area contributed by atoms with Gasteiger partial charge in [-0.25, -0.2) is 21.5 Å². The van der Waals surface area contributed by atoms with E-state index in [2.05, 4.69) is 5.32 Å². The monoisotopic (exact) mass is 452 g/mol. The number of fused-ring (bicyclic) bond motifs is 1. The molecule has 0 aliphatic rings. The van der Waals surface area contributed by atoms with Crippen LogP contribution in [-0.2, 0) is 19.6 Å². The van der Waals surface area contributed by atoms with Crippen LogP contribution in [0, 0.1) is 11.6 Å². The fraction of sp³-hybridized carbons (Fsp3) is 0.105. The van der Waals surface area contributed by atoms with Crippen molar-refractivity contribution >= 4 is 44.7 Å². The highest BCUT2D eigenvalue weighted by Gasteiger charge is 2.28. The second-order valence-electron chi connectivity index (χ2n) is 6.28. The van der Waals surface area contributed by atoms with E-state index in [9.17, 15) is 31.6 Å². The van der Waals surface area contributed by atoms with E-state index < -0.39 is 44.5 Å². The first-order chi connectivity index (χ1) is 14.5. The summed E-state index contributed by atoms with van der Waals surface area (Å²) in [5.74, 6) is -3.81. The Kier molecular flexibility index (Phi) is 5.75. The number of sulfonamides is 1. The molecule has 12 heteroatoms. The van der Waals surface area contributed by atoms with E-state index in [-0.39, 0.29) is 28.8 Å². The van der Waals surface area contributed by atoms with Gasteiger partial charge in [-0.05, 0) is 18.2 Å². The van der Waals surface area contributed by atoms with E-state index in [1.807, 2.05) is 0 Å². The molecule has 0 unspecified atom stereocenters. The standard InChI is InChI=1S/C19H14F2N2O7S/c1-10(25)23(31(2,27)28)15-7-17-12(19(26)14(8-29-17)22-9-24)6-18(15)30-16-4-3-11(20)5-13(16)21/h3-9H,1-2H3,(H,22,24). The molecule has 2 aromatic carbocycles. The van der Waals surface area contributed by atoms with E-state index >= 15 is 0 Å². The largest absolute Gasteiger partial charge is 0.462 e. The maximum atomic E-state index is 14.1. The van der Waals surface area contributed by atoms with Gasteiger partial charge in [-0.3, -0.25) is 14.4 Å². The zero-order valence-corrected chi connectivity index (χ0v) is 16.8. The van der Waals surface area contributed by atoms with Crippen molar-refractivity contribution in [2.75, 3.05) is 15.9 Å². The van der Waals surface area contributed by atoms with Gasteiger partial charge in [-0.1, -0.05) is 0 Å². The van der Waals surface area contributed by atoms with E-state index in [1.54, 1.807) is 0 Å². The Balaban J connectivity index is 2.33. The Bertz CT molecular complexity index is 1370. The Labute approximate surface area is 173 Å². The Morgan fingerprint density at radius 1 is 1.19 bits per heavy atom. The first kappa shape index (κ1) is 21.9. The number of carbonyl (C=O) groups excluding carboxylic acids is 2. The first-order valence-electron chi connectivity index (χ1n) is 8.46. The highest BCUT2D eigenvalue weighted by atomic mass is 32.2. The summed E-state index contributed by atoms with van der Waals surface area (Å²) in [7, 11) is -4.17. The molecule has 1 aromatic heterocycles. The van der Waals surface area contributed by atoms with Crippen LogP contribution < -0.4 is 19.8 Å². The van der Waals surface area contributed by atoms with Crippen molar-refractivity contribution < 1.29 is 35.9 Å². The quantitative estimate of drug-likeness (QED) is 0.571. The van der Waals surface area contributed by atoms with Crippen LogP contribution in [0.2, 0.25) is 0 Å². The lowest BCUT2D eigenvalue weighted by molar-refractivity contribution is -0.115. The lowest BCUT2D eigenvalue weighted by Crippen LogP contribution is -2.34. The number of rotatable bonds is 6. The molecule has 2 amide bonds. The minimum Gasteiger partial charge on any atom is -0.462 e. The van der Waals surface area contributed by atoms with Crippen LogP contribution >= 0.6 is 0 Å². The summed E-state index contributed by atoms with van der Waals surface area (Å²) in [5.41, 5.74) is -1.44. The maximum Gasteiger partial charge on any atom is 0.238 e. The number of nitrogens with zero attached hydrogens (tertiary/aromatic N) is 1. The van der Waals surface area contributed by atoms with E-state index in [0.29, 0.717) is 10.4 Å². The van der Waals surface area contributed by atoms with E-state index in [4.69, 9.17) is 9.15 Å². The van der Waals surface area contributed by atoms with Gasteiger partial charge in [-0.15, -0.1) is 0 Å². The van der Waals surface area contributed by atoms with Crippen LogP contribution in [0.3, 0.4) is 0 Å². The summed E-state index contributed by atoms with van der Waals surface area (Å²) in [6.07, 6.45) is 1.94. The number of benzene rings is 2. The van der Waals surface area contributed by atoms with Gasteiger partial charge in [0.2, 0.25) is 27.8 Å². The Morgan fingerprint density at radius 2 is 1.90 bits per heavy atom. The fourth-order valence-electron chi connectivity index (χ4n) is 2.81. The normalized spacial score (nSPS) is 11.2. The van der Waals surface area contributed by atoms with Crippen molar-refractivity contribution in [2.24, 2.45) is 0 Å². The van der Waals surface area contributed by atoms with Crippen LogP contribution in [0.4, 0.5) is 20.2 Å². The zero-order valence-electron chi connectivity index (χ0n) is 16.0. The van der Waals surface area contributed by atoms with Gasteiger partial charge in [0.05, 0.1) is 11.6 Å². The van der Waals surface area contributed by atoms with Crippen LogP contribution in [0.15, 0.2) is 45.8 Å². The number of hydrogen-bond acceptors (Lipinski definition) is 7. The molecule has 0 bridgehead atoms. The second-order valence-corrected chi connectivity index (χ2v) is 8.11. The second kappa shape index (κ2) is 8.14. The van der Waals surface area contributed by atoms with E-state index in [0.717, 1.165) is 43.7 Å². The molecule has 9 nitrogen and oxygen atoms in total. The molecule has 1 N–H and O–H groups in total. The number of halogens is 2. The topological polar surface area (TPSA) is 123 Å². The molecule has 162 valence electrons. The molecular weight excluding hydrogens is 438 g/mol. The molecule has 31 heavy (non-hydrogen) atoms. The third-order valence-electron chi connectivity index (χ3n) is 4.02. The van der Waals surface area contributed by atoms with Gasteiger partial charge in [0.1, 0.15) is 29.0 Å². The summed E-state index contributed by atoms with van der Waals surface area (Å²) in [6.45, 7) is 0.973. The van der Waals surface area contributed by atoms with Crippen molar-refractivity contribution in [3.63, 3.8) is 0 Å². The number of carbonyl (C=O) groups is 2. The van der Waals surface area contributed by atoms with Gasteiger partial charge in [-0.2, -0.15) is 0 Å². The molecule has 0 saturated heterocycles. The molecule has 0 atom stereocenters. The number of hydrogen-bond donors (Lipinski definition) is 1.